The third-order valence-electron chi connectivity index (χ3n) is 4.86. The topological polar surface area (TPSA) is 111 Å². The number of esters is 1. The van der Waals surface area contributed by atoms with Crippen LogP contribution in [0.2, 0.25) is 0 Å². The standard InChI is InChI=1S/C23H19N5O4/c1-15-8-10-19-18(12-15)22(16-6-4-3-5-7-16)26-23(25-19)27(14-21(29)32-2)20-11-9-17(13-24-20)28(30)31/h3-13H,14H2,1-2H3. The molecule has 0 amide bonds. The molecular formula is C23H19N5O4. The summed E-state index contributed by atoms with van der Waals surface area (Å²) in [5, 5.41) is 11.9. The molecule has 0 aliphatic rings. The largest absolute Gasteiger partial charge is 0.468 e. The Labute approximate surface area is 183 Å². The number of anilines is 2. The number of nitro groups is 1. The third-order valence-corrected chi connectivity index (χ3v) is 4.86. The Morgan fingerprint density at radius 1 is 1.09 bits per heavy atom. The maximum atomic E-state index is 12.2. The molecule has 9 nitrogen and oxygen atoms in total. The number of fused-ring (bicyclic) bond motifs is 1. The van der Waals surface area contributed by atoms with Crippen LogP contribution in [0.25, 0.3) is 22.2 Å². The monoisotopic (exact) mass is 429 g/mol. The first-order chi connectivity index (χ1) is 15.5. The second-order valence-corrected chi connectivity index (χ2v) is 7.05. The molecule has 2 heterocycles. The molecule has 0 atom stereocenters. The predicted octanol–water partition coefficient (Wildman–Crippen LogP) is 4.22. The first-order valence-electron chi connectivity index (χ1n) is 9.75. The van der Waals surface area contributed by atoms with Crippen LogP contribution in [0.15, 0.2) is 66.9 Å². The molecule has 4 aromatic rings. The first kappa shape index (κ1) is 20.9. The lowest BCUT2D eigenvalue weighted by Gasteiger charge is -2.21. The Kier molecular flexibility index (Phi) is 5.71. The fourth-order valence-electron chi connectivity index (χ4n) is 3.26. The van der Waals surface area contributed by atoms with Gasteiger partial charge in [-0.15, -0.1) is 0 Å². The molecular weight excluding hydrogens is 410 g/mol. The van der Waals surface area contributed by atoms with Crippen LogP contribution >= 0.6 is 0 Å². The van der Waals surface area contributed by atoms with Gasteiger partial charge in [0.1, 0.15) is 18.6 Å². The van der Waals surface area contributed by atoms with Gasteiger partial charge in [0.15, 0.2) is 0 Å². The highest BCUT2D eigenvalue weighted by Crippen LogP contribution is 2.31. The smallest absolute Gasteiger partial charge is 0.325 e. The van der Waals surface area contributed by atoms with Gasteiger partial charge in [-0.3, -0.25) is 19.8 Å². The van der Waals surface area contributed by atoms with Crippen LogP contribution in [-0.4, -0.2) is 39.5 Å². The summed E-state index contributed by atoms with van der Waals surface area (Å²) in [6.45, 7) is 1.78. The van der Waals surface area contributed by atoms with Crippen LogP contribution in [0.3, 0.4) is 0 Å². The fraction of sp³-hybridized carbons (Fsp3) is 0.130. The molecule has 160 valence electrons. The van der Waals surface area contributed by atoms with E-state index in [-0.39, 0.29) is 24.0 Å². The van der Waals surface area contributed by atoms with Crippen LogP contribution in [0.4, 0.5) is 17.5 Å². The zero-order valence-electron chi connectivity index (χ0n) is 17.4. The Morgan fingerprint density at radius 3 is 2.53 bits per heavy atom. The highest BCUT2D eigenvalue weighted by molar-refractivity contribution is 5.94. The molecule has 2 aromatic carbocycles. The van der Waals surface area contributed by atoms with Crippen LogP contribution in [0, 0.1) is 17.0 Å². The van der Waals surface area contributed by atoms with E-state index >= 15 is 0 Å². The molecule has 0 aliphatic heterocycles. The number of hydrogen-bond acceptors (Lipinski definition) is 8. The molecule has 0 spiro atoms. The van der Waals surface area contributed by atoms with Crippen LogP contribution < -0.4 is 4.90 Å². The molecule has 0 radical (unpaired) electrons. The first-order valence-corrected chi connectivity index (χ1v) is 9.75. The van der Waals surface area contributed by atoms with Gasteiger partial charge in [-0.05, 0) is 25.1 Å². The number of aryl methyl sites for hydroxylation is 1. The number of aromatic nitrogens is 3. The van der Waals surface area contributed by atoms with Gasteiger partial charge >= 0.3 is 5.97 Å². The van der Waals surface area contributed by atoms with Crippen molar-refractivity contribution in [3.8, 4) is 11.3 Å². The van der Waals surface area contributed by atoms with Crippen LogP contribution in [0.5, 0.6) is 0 Å². The minimum absolute atomic E-state index is 0.161. The Bertz CT molecular complexity index is 1290. The lowest BCUT2D eigenvalue weighted by Crippen LogP contribution is -2.28. The van der Waals surface area contributed by atoms with Gasteiger partial charge in [-0.1, -0.05) is 42.0 Å². The number of carbonyl (C=O) groups is 1. The third kappa shape index (κ3) is 4.22. The van der Waals surface area contributed by atoms with Gasteiger partial charge < -0.3 is 4.74 Å². The Hall–Kier alpha value is -4.40. The van der Waals surface area contributed by atoms with E-state index in [9.17, 15) is 14.9 Å². The number of pyridine rings is 1. The second-order valence-electron chi connectivity index (χ2n) is 7.05. The summed E-state index contributed by atoms with van der Waals surface area (Å²) in [5.41, 5.74) is 3.19. The number of benzene rings is 2. The van der Waals surface area contributed by atoms with Crippen molar-refractivity contribution in [2.75, 3.05) is 18.6 Å². The molecule has 32 heavy (non-hydrogen) atoms. The van der Waals surface area contributed by atoms with Crippen molar-refractivity contribution in [2.24, 2.45) is 0 Å². The predicted molar refractivity (Wildman–Crippen MR) is 120 cm³/mol. The van der Waals surface area contributed by atoms with E-state index in [0.717, 1.165) is 22.7 Å². The Morgan fingerprint density at radius 2 is 1.88 bits per heavy atom. The zero-order valence-corrected chi connectivity index (χ0v) is 17.4. The van der Waals surface area contributed by atoms with E-state index in [1.165, 1.54) is 24.1 Å². The van der Waals surface area contributed by atoms with Gasteiger partial charge in [0.05, 0.1) is 23.2 Å². The van der Waals surface area contributed by atoms with Crippen molar-refractivity contribution in [2.45, 2.75) is 6.92 Å². The van der Waals surface area contributed by atoms with Gasteiger partial charge in [-0.2, -0.15) is 0 Å². The molecule has 4 rings (SSSR count). The lowest BCUT2D eigenvalue weighted by molar-refractivity contribution is -0.385. The van der Waals surface area contributed by atoms with Crippen molar-refractivity contribution < 1.29 is 14.5 Å². The molecule has 2 aromatic heterocycles. The van der Waals surface area contributed by atoms with E-state index in [4.69, 9.17) is 9.72 Å². The normalized spacial score (nSPS) is 10.7. The summed E-state index contributed by atoms with van der Waals surface area (Å²) in [4.78, 5) is 37.7. The summed E-state index contributed by atoms with van der Waals surface area (Å²) >= 11 is 0. The van der Waals surface area contributed by atoms with E-state index in [1.807, 2.05) is 55.5 Å². The van der Waals surface area contributed by atoms with Crippen molar-refractivity contribution in [1.82, 2.24) is 15.0 Å². The molecule has 0 saturated carbocycles. The maximum Gasteiger partial charge on any atom is 0.325 e. The van der Waals surface area contributed by atoms with Gasteiger partial charge in [0, 0.05) is 17.0 Å². The number of carbonyl (C=O) groups excluding carboxylic acids is 1. The summed E-state index contributed by atoms with van der Waals surface area (Å²) < 4.78 is 4.83. The zero-order chi connectivity index (χ0) is 22.7. The summed E-state index contributed by atoms with van der Waals surface area (Å²) in [6, 6.07) is 18.3. The molecule has 0 N–H and O–H groups in total. The second kappa shape index (κ2) is 8.76. The van der Waals surface area contributed by atoms with E-state index in [1.54, 1.807) is 0 Å². The highest BCUT2D eigenvalue weighted by atomic mass is 16.6. The molecule has 9 heteroatoms. The van der Waals surface area contributed by atoms with Crippen molar-refractivity contribution in [1.29, 1.82) is 0 Å². The minimum atomic E-state index is -0.538. The number of nitrogens with zero attached hydrogens (tertiary/aromatic N) is 5. The van der Waals surface area contributed by atoms with E-state index < -0.39 is 10.9 Å². The van der Waals surface area contributed by atoms with E-state index in [2.05, 4.69) is 9.97 Å². The molecule has 0 bridgehead atoms. The van der Waals surface area contributed by atoms with Crippen LogP contribution in [0.1, 0.15) is 5.56 Å². The summed E-state index contributed by atoms with van der Waals surface area (Å²) in [6.07, 6.45) is 1.13. The minimum Gasteiger partial charge on any atom is -0.468 e. The average Bonchev–Trinajstić information content (AvgIpc) is 2.82. The molecule has 0 fully saturated rings. The summed E-state index contributed by atoms with van der Waals surface area (Å²) in [7, 11) is 1.28. The van der Waals surface area contributed by atoms with Crippen molar-refractivity contribution >= 4 is 34.3 Å². The van der Waals surface area contributed by atoms with E-state index in [0.29, 0.717) is 11.2 Å². The quantitative estimate of drug-likeness (QED) is 0.254. The van der Waals surface area contributed by atoms with Gasteiger partial charge in [0.2, 0.25) is 5.95 Å². The maximum absolute atomic E-state index is 12.2. The molecule has 0 aliphatic carbocycles. The summed E-state index contributed by atoms with van der Waals surface area (Å²) in [5.74, 6) is -0.0163. The van der Waals surface area contributed by atoms with Crippen molar-refractivity contribution in [3.05, 3.63) is 82.5 Å². The number of hydrogen-bond donors (Lipinski definition) is 0. The lowest BCUT2D eigenvalue weighted by atomic mass is 10.0. The van der Waals surface area contributed by atoms with Gasteiger partial charge in [-0.25, -0.2) is 15.0 Å². The fourth-order valence-corrected chi connectivity index (χ4v) is 3.26. The number of ether oxygens (including phenoxy) is 1. The SMILES string of the molecule is COC(=O)CN(c1ccc([N+](=O)[O-])cn1)c1nc(-c2ccccc2)c2cc(C)ccc2n1. The number of rotatable bonds is 6. The average molecular weight is 429 g/mol. The molecule has 0 saturated heterocycles. The van der Waals surface area contributed by atoms with Crippen molar-refractivity contribution in [3.63, 3.8) is 0 Å². The van der Waals surface area contributed by atoms with Gasteiger partial charge in [0.25, 0.3) is 5.69 Å². The number of methoxy groups -OCH3 is 1. The Balaban J connectivity index is 1.91. The van der Waals surface area contributed by atoms with Crippen LogP contribution in [-0.2, 0) is 9.53 Å². The highest BCUT2D eigenvalue weighted by Gasteiger charge is 2.21. The molecule has 0 unspecified atom stereocenters.